The predicted molar refractivity (Wildman–Crippen MR) is 118 cm³/mol. The van der Waals surface area contributed by atoms with Crippen LogP contribution >= 0.6 is 23.2 Å². The van der Waals surface area contributed by atoms with Crippen molar-refractivity contribution in [2.75, 3.05) is 0 Å². The summed E-state index contributed by atoms with van der Waals surface area (Å²) in [7, 11) is 0. The maximum absolute atomic E-state index is 13.3. The average Bonchev–Trinajstić information content (AvgIpc) is 3.52. The normalized spacial score (nSPS) is 29.0. The molecule has 0 radical (unpaired) electrons. The van der Waals surface area contributed by atoms with E-state index in [1.165, 1.54) is 6.92 Å². The number of Topliss-reactive ketones (excluding diaryl/α,β-unsaturated/α-hetero) is 2. The first-order chi connectivity index (χ1) is 14.7. The fourth-order valence-electron chi connectivity index (χ4n) is 5.27. The molecule has 31 heavy (non-hydrogen) atoms. The number of likely N-dealkylation sites (tertiary alicyclic amines) is 1. The third kappa shape index (κ3) is 3.68. The molecule has 2 aliphatic carbocycles. The molecule has 8 heteroatoms. The molecule has 0 unspecified atom stereocenters. The number of halogens is 2. The number of benzene rings is 1. The van der Waals surface area contributed by atoms with Crippen molar-refractivity contribution in [2.45, 2.75) is 62.5 Å². The Balaban J connectivity index is 1.33. The second-order valence-electron chi connectivity index (χ2n) is 9.41. The molecule has 0 bridgehead atoms. The molecule has 1 aromatic carbocycles. The number of piperidine rings is 1. The maximum atomic E-state index is 13.3. The van der Waals surface area contributed by atoms with Gasteiger partial charge in [-0.15, -0.1) is 23.2 Å². The van der Waals surface area contributed by atoms with Gasteiger partial charge < -0.3 is 4.90 Å². The molecule has 2 aromatic rings. The fourth-order valence-corrected chi connectivity index (χ4v) is 6.03. The first-order valence-corrected chi connectivity index (χ1v) is 11.6. The average molecular weight is 462 g/mol. The van der Waals surface area contributed by atoms with Crippen molar-refractivity contribution in [3.05, 3.63) is 30.0 Å². The standard InChI is InChI=1S/C23H25Cl2N3O3/c1-12(16-10-23(16,24)25)7-20(30)19-9-14-8-18(14)28(19)21(31)11-27-17-6-4-3-5-15(17)22(26-27)13(2)29/h3-6,12,14,16,18-19H,7-11H2,1-2H3/t12-,14+,16+,18+,19-/m0/s1. The van der Waals surface area contributed by atoms with Gasteiger partial charge in [-0.1, -0.05) is 25.1 Å². The van der Waals surface area contributed by atoms with E-state index in [2.05, 4.69) is 5.10 Å². The summed E-state index contributed by atoms with van der Waals surface area (Å²) >= 11 is 12.3. The smallest absolute Gasteiger partial charge is 0.245 e. The Morgan fingerprint density at radius 3 is 2.61 bits per heavy atom. The lowest BCUT2D eigenvalue weighted by Crippen LogP contribution is -2.45. The Bertz CT molecular complexity index is 1090. The molecule has 2 heterocycles. The van der Waals surface area contributed by atoms with Crippen molar-refractivity contribution >= 4 is 51.6 Å². The van der Waals surface area contributed by atoms with E-state index in [4.69, 9.17) is 23.2 Å². The highest BCUT2D eigenvalue weighted by Gasteiger charge is 2.57. The summed E-state index contributed by atoms with van der Waals surface area (Å²) < 4.78 is 0.885. The van der Waals surface area contributed by atoms with E-state index < -0.39 is 4.33 Å². The molecular formula is C23H25Cl2N3O3. The number of rotatable bonds is 7. The van der Waals surface area contributed by atoms with Gasteiger partial charge in [0.15, 0.2) is 11.6 Å². The minimum atomic E-state index is -0.706. The van der Waals surface area contributed by atoms with Gasteiger partial charge in [0.2, 0.25) is 5.91 Å². The SMILES string of the molecule is CC(=O)c1nn(CC(=O)N2[C@@H]3C[C@@H]3C[C@H]2C(=O)C[C@H](C)[C@H]2CC2(Cl)Cl)c2ccccc12. The zero-order valence-corrected chi connectivity index (χ0v) is 19.1. The summed E-state index contributed by atoms with van der Waals surface area (Å²) in [6, 6.07) is 7.17. The summed E-state index contributed by atoms with van der Waals surface area (Å²) in [5.74, 6) is 0.498. The third-order valence-corrected chi connectivity index (χ3v) is 7.99. The number of amides is 1. The Hall–Kier alpha value is -1.92. The highest BCUT2D eigenvalue weighted by molar-refractivity contribution is 6.50. The Labute approximate surface area is 190 Å². The number of aromatic nitrogens is 2. The van der Waals surface area contributed by atoms with Crippen LogP contribution in [0.4, 0.5) is 0 Å². The maximum Gasteiger partial charge on any atom is 0.245 e. The molecule has 6 nitrogen and oxygen atoms in total. The van der Waals surface area contributed by atoms with Gasteiger partial charge in [-0.2, -0.15) is 5.10 Å². The quantitative estimate of drug-likeness (QED) is 0.461. The van der Waals surface area contributed by atoms with Crippen LogP contribution in [0.15, 0.2) is 24.3 Å². The molecule has 2 saturated carbocycles. The molecule has 1 aromatic heterocycles. The van der Waals surface area contributed by atoms with E-state index in [-0.39, 0.29) is 47.9 Å². The molecule has 3 aliphatic rings. The number of para-hydroxylation sites is 1. The molecule has 164 valence electrons. The number of nitrogens with zero attached hydrogens (tertiary/aromatic N) is 3. The second kappa shape index (κ2) is 7.31. The summed E-state index contributed by atoms with van der Waals surface area (Å²) in [5.41, 5.74) is 1.11. The monoisotopic (exact) mass is 461 g/mol. The van der Waals surface area contributed by atoms with Gasteiger partial charge in [0, 0.05) is 24.8 Å². The van der Waals surface area contributed by atoms with Crippen molar-refractivity contribution in [3.8, 4) is 0 Å². The molecule has 1 saturated heterocycles. The summed E-state index contributed by atoms with van der Waals surface area (Å²) in [5, 5.41) is 5.15. The number of hydrogen-bond donors (Lipinski definition) is 0. The van der Waals surface area contributed by atoms with E-state index in [0.717, 1.165) is 23.7 Å². The molecule has 3 fully saturated rings. The van der Waals surface area contributed by atoms with Crippen LogP contribution in [0.2, 0.25) is 0 Å². The van der Waals surface area contributed by atoms with Gasteiger partial charge in [-0.3, -0.25) is 19.1 Å². The van der Waals surface area contributed by atoms with Gasteiger partial charge in [0.05, 0.1) is 11.6 Å². The van der Waals surface area contributed by atoms with Crippen LogP contribution in [0, 0.1) is 17.8 Å². The van der Waals surface area contributed by atoms with E-state index >= 15 is 0 Å². The summed E-state index contributed by atoms with van der Waals surface area (Å²) in [4.78, 5) is 40.2. The van der Waals surface area contributed by atoms with Crippen LogP contribution < -0.4 is 0 Å². The fraction of sp³-hybridized carbons (Fsp3) is 0.565. The molecule has 0 N–H and O–H groups in total. The second-order valence-corrected chi connectivity index (χ2v) is 11.0. The highest BCUT2D eigenvalue weighted by Crippen LogP contribution is 2.58. The lowest BCUT2D eigenvalue weighted by Gasteiger charge is -2.27. The topological polar surface area (TPSA) is 72.3 Å². The Morgan fingerprint density at radius 2 is 1.94 bits per heavy atom. The third-order valence-electron chi connectivity index (χ3n) is 7.12. The van der Waals surface area contributed by atoms with Crippen molar-refractivity contribution < 1.29 is 14.4 Å². The summed E-state index contributed by atoms with van der Waals surface area (Å²) in [6.07, 6.45) is 2.80. The van der Waals surface area contributed by atoms with E-state index in [0.29, 0.717) is 24.5 Å². The van der Waals surface area contributed by atoms with Crippen molar-refractivity contribution in [1.29, 1.82) is 0 Å². The number of carbonyl (C=O) groups is 3. The van der Waals surface area contributed by atoms with Crippen LogP contribution in [-0.2, 0) is 16.1 Å². The van der Waals surface area contributed by atoms with Crippen LogP contribution in [0.1, 0.15) is 50.0 Å². The molecule has 1 amide bonds. The van der Waals surface area contributed by atoms with Crippen molar-refractivity contribution in [2.24, 2.45) is 17.8 Å². The lowest BCUT2D eigenvalue weighted by atomic mass is 9.94. The van der Waals surface area contributed by atoms with Crippen LogP contribution in [-0.4, -0.2) is 48.6 Å². The van der Waals surface area contributed by atoms with Gasteiger partial charge in [-0.05, 0) is 43.1 Å². The lowest BCUT2D eigenvalue weighted by molar-refractivity contribution is -0.139. The van der Waals surface area contributed by atoms with Gasteiger partial charge in [0.25, 0.3) is 0 Å². The number of alkyl halides is 2. The minimum Gasteiger partial charge on any atom is -0.328 e. The van der Waals surface area contributed by atoms with Gasteiger partial charge in [-0.25, -0.2) is 0 Å². The molecule has 5 atom stereocenters. The molecular weight excluding hydrogens is 437 g/mol. The highest BCUT2D eigenvalue weighted by atomic mass is 35.5. The number of ketones is 2. The van der Waals surface area contributed by atoms with Crippen molar-refractivity contribution in [3.63, 3.8) is 0 Å². The number of carbonyl (C=O) groups excluding carboxylic acids is 3. The number of fused-ring (bicyclic) bond motifs is 2. The first-order valence-electron chi connectivity index (χ1n) is 10.9. The van der Waals surface area contributed by atoms with Crippen molar-refractivity contribution in [1.82, 2.24) is 14.7 Å². The molecule has 5 rings (SSSR count). The van der Waals surface area contributed by atoms with Gasteiger partial charge >= 0.3 is 0 Å². The zero-order valence-electron chi connectivity index (χ0n) is 17.6. The minimum absolute atomic E-state index is 0.0193. The summed E-state index contributed by atoms with van der Waals surface area (Å²) in [6.45, 7) is 3.50. The van der Waals surface area contributed by atoms with Gasteiger partial charge in [0.1, 0.15) is 16.6 Å². The van der Waals surface area contributed by atoms with E-state index in [1.54, 1.807) is 9.58 Å². The molecule has 1 aliphatic heterocycles. The van der Waals surface area contributed by atoms with Crippen LogP contribution in [0.3, 0.4) is 0 Å². The van der Waals surface area contributed by atoms with Crippen LogP contribution in [0.25, 0.3) is 10.9 Å². The zero-order chi connectivity index (χ0) is 22.1. The number of hydrogen-bond acceptors (Lipinski definition) is 4. The molecule has 0 spiro atoms. The Kier molecular flexibility index (Phi) is 4.94. The van der Waals surface area contributed by atoms with E-state index in [1.807, 2.05) is 31.2 Å². The largest absolute Gasteiger partial charge is 0.328 e. The first kappa shape index (κ1) is 21.0. The predicted octanol–water partition coefficient (Wildman–Crippen LogP) is 4.02. The van der Waals surface area contributed by atoms with Crippen LogP contribution in [0.5, 0.6) is 0 Å². The Morgan fingerprint density at radius 1 is 1.23 bits per heavy atom. The van der Waals surface area contributed by atoms with E-state index in [9.17, 15) is 14.4 Å².